The average Bonchev–Trinajstić information content (AvgIpc) is 2.21. The molecule has 0 aliphatic rings. The molecule has 1 aromatic carbocycles. The van der Waals surface area contributed by atoms with Crippen molar-refractivity contribution < 1.29 is 9.47 Å². The fourth-order valence-corrected chi connectivity index (χ4v) is 1.12. The fourth-order valence-electron chi connectivity index (χ4n) is 1.12. The molecule has 0 bridgehead atoms. The minimum Gasteiger partial charge on any atom is -0.494 e. The lowest BCUT2D eigenvalue weighted by atomic mass is 10.2. The topological polar surface area (TPSA) is 18.5 Å². The van der Waals surface area contributed by atoms with Gasteiger partial charge in [-0.2, -0.15) is 0 Å². The van der Waals surface area contributed by atoms with Crippen molar-refractivity contribution in [1.29, 1.82) is 0 Å². The molecule has 0 N–H and O–H groups in total. The molecule has 0 fully saturated rings. The molecule has 0 amide bonds. The van der Waals surface area contributed by atoms with Gasteiger partial charge in [0.1, 0.15) is 5.75 Å². The summed E-state index contributed by atoms with van der Waals surface area (Å²) < 4.78 is 10.3. The second-order valence-electron chi connectivity index (χ2n) is 2.86. The van der Waals surface area contributed by atoms with E-state index in [4.69, 9.17) is 9.47 Å². The molecule has 2 nitrogen and oxygen atoms in total. The quantitative estimate of drug-likeness (QED) is 0.714. The third-order valence-corrected chi connectivity index (χ3v) is 1.76. The van der Waals surface area contributed by atoms with Gasteiger partial charge in [-0.25, -0.2) is 0 Å². The van der Waals surface area contributed by atoms with Gasteiger partial charge >= 0.3 is 0 Å². The summed E-state index contributed by atoms with van der Waals surface area (Å²) in [6.07, 6.45) is 4.01. The SMILES string of the molecule is CCOc1ccc(/C=C/COC)cc1. The van der Waals surface area contributed by atoms with E-state index in [1.165, 1.54) is 0 Å². The zero-order valence-electron chi connectivity index (χ0n) is 8.69. The van der Waals surface area contributed by atoms with Crippen LogP contribution >= 0.6 is 0 Å². The zero-order chi connectivity index (χ0) is 10.2. The molecule has 0 unspecified atom stereocenters. The molecule has 0 spiro atoms. The van der Waals surface area contributed by atoms with E-state index >= 15 is 0 Å². The van der Waals surface area contributed by atoms with Crippen molar-refractivity contribution >= 4 is 6.08 Å². The van der Waals surface area contributed by atoms with Crippen LogP contribution in [0, 0.1) is 0 Å². The Balaban J connectivity index is 2.54. The Hall–Kier alpha value is -1.28. The highest BCUT2D eigenvalue weighted by Crippen LogP contribution is 2.12. The van der Waals surface area contributed by atoms with E-state index in [-0.39, 0.29) is 0 Å². The van der Waals surface area contributed by atoms with Crippen molar-refractivity contribution in [1.82, 2.24) is 0 Å². The van der Waals surface area contributed by atoms with Crippen molar-refractivity contribution in [2.24, 2.45) is 0 Å². The second-order valence-corrected chi connectivity index (χ2v) is 2.86. The molecule has 0 atom stereocenters. The van der Waals surface area contributed by atoms with Crippen LogP contribution in [0.1, 0.15) is 12.5 Å². The predicted octanol–water partition coefficient (Wildman–Crippen LogP) is 2.74. The summed E-state index contributed by atoms with van der Waals surface area (Å²) >= 11 is 0. The van der Waals surface area contributed by atoms with Gasteiger partial charge in [-0.15, -0.1) is 0 Å². The second kappa shape index (κ2) is 6.22. The summed E-state index contributed by atoms with van der Waals surface area (Å²) in [7, 11) is 1.68. The maximum Gasteiger partial charge on any atom is 0.119 e. The minimum absolute atomic E-state index is 0.646. The van der Waals surface area contributed by atoms with Gasteiger partial charge < -0.3 is 9.47 Å². The Morgan fingerprint density at radius 1 is 1.21 bits per heavy atom. The van der Waals surface area contributed by atoms with Crippen LogP contribution in [0.2, 0.25) is 0 Å². The molecule has 0 aliphatic carbocycles. The summed E-state index contributed by atoms with van der Waals surface area (Å²) in [5.41, 5.74) is 1.16. The highest BCUT2D eigenvalue weighted by atomic mass is 16.5. The largest absolute Gasteiger partial charge is 0.494 e. The molecule has 2 heteroatoms. The Morgan fingerprint density at radius 3 is 2.50 bits per heavy atom. The van der Waals surface area contributed by atoms with Crippen LogP contribution in [0.5, 0.6) is 5.75 Å². The van der Waals surface area contributed by atoms with E-state index in [2.05, 4.69) is 0 Å². The van der Waals surface area contributed by atoms with Gasteiger partial charge in [0.05, 0.1) is 13.2 Å². The molecule has 0 aliphatic heterocycles. The summed E-state index contributed by atoms with van der Waals surface area (Å²) in [5, 5.41) is 0. The first-order valence-electron chi connectivity index (χ1n) is 4.75. The van der Waals surface area contributed by atoms with Gasteiger partial charge in [-0.05, 0) is 24.6 Å². The zero-order valence-corrected chi connectivity index (χ0v) is 8.69. The smallest absolute Gasteiger partial charge is 0.119 e. The molecule has 76 valence electrons. The maximum atomic E-state index is 5.34. The lowest BCUT2D eigenvalue weighted by Gasteiger charge is -2.02. The van der Waals surface area contributed by atoms with Crippen LogP contribution in [0.3, 0.4) is 0 Å². The summed E-state index contributed by atoms with van der Waals surface area (Å²) in [6.45, 7) is 3.33. The van der Waals surface area contributed by atoms with Gasteiger partial charge in [0.15, 0.2) is 0 Å². The normalized spacial score (nSPS) is 10.7. The molecule has 1 rings (SSSR count). The molecule has 1 aromatic rings. The van der Waals surface area contributed by atoms with E-state index < -0.39 is 0 Å². The Morgan fingerprint density at radius 2 is 1.93 bits per heavy atom. The van der Waals surface area contributed by atoms with Crippen LogP contribution in [-0.4, -0.2) is 20.3 Å². The van der Waals surface area contributed by atoms with E-state index in [1.54, 1.807) is 7.11 Å². The van der Waals surface area contributed by atoms with Crippen LogP contribution in [0.4, 0.5) is 0 Å². The Labute approximate surface area is 85.2 Å². The average molecular weight is 192 g/mol. The van der Waals surface area contributed by atoms with Gasteiger partial charge in [-0.3, -0.25) is 0 Å². The number of rotatable bonds is 5. The molecule has 0 saturated carbocycles. The number of hydrogen-bond donors (Lipinski definition) is 0. The number of benzene rings is 1. The van der Waals surface area contributed by atoms with Crippen molar-refractivity contribution in [3.05, 3.63) is 35.9 Å². The number of ether oxygens (including phenoxy) is 2. The number of methoxy groups -OCH3 is 1. The van der Waals surface area contributed by atoms with E-state index in [0.29, 0.717) is 13.2 Å². The highest BCUT2D eigenvalue weighted by molar-refractivity contribution is 5.50. The monoisotopic (exact) mass is 192 g/mol. The standard InChI is InChI=1S/C12H16O2/c1-3-14-12-8-6-11(7-9-12)5-4-10-13-2/h4-9H,3,10H2,1-2H3/b5-4+. The van der Waals surface area contributed by atoms with Crippen LogP contribution < -0.4 is 4.74 Å². The fraction of sp³-hybridized carbons (Fsp3) is 0.333. The molecular weight excluding hydrogens is 176 g/mol. The summed E-state index contributed by atoms with van der Waals surface area (Å²) in [4.78, 5) is 0. The van der Waals surface area contributed by atoms with Gasteiger partial charge in [-0.1, -0.05) is 24.3 Å². The van der Waals surface area contributed by atoms with Gasteiger partial charge in [0, 0.05) is 7.11 Å². The Bertz CT molecular complexity index is 275. The first-order chi connectivity index (χ1) is 6.86. The maximum absolute atomic E-state index is 5.34. The van der Waals surface area contributed by atoms with Crippen molar-refractivity contribution in [3.8, 4) is 5.75 Å². The van der Waals surface area contributed by atoms with E-state index in [1.807, 2.05) is 43.3 Å². The molecule has 0 saturated heterocycles. The Kier molecular flexibility index (Phi) is 4.79. The third kappa shape index (κ3) is 3.62. The van der Waals surface area contributed by atoms with Gasteiger partial charge in [0.2, 0.25) is 0 Å². The lowest BCUT2D eigenvalue weighted by molar-refractivity contribution is 0.234. The molecule has 0 heterocycles. The van der Waals surface area contributed by atoms with E-state index in [0.717, 1.165) is 11.3 Å². The number of hydrogen-bond acceptors (Lipinski definition) is 2. The summed E-state index contributed by atoms with van der Waals surface area (Å²) in [5.74, 6) is 0.913. The molecule has 0 aromatic heterocycles. The predicted molar refractivity (Wildman–Crippen MR) is 58.5 cm³/mol. The van der Waals surface area contributed by atoms with Crippen molar-refractivity contribution in [3.63, 3.8) is 0 Å². The van der Waals surface area contributed by atoms with Crippen LogP contribution in [-0.2, 0) is 4.74 Å². The van der Waals surface area contributed by atoms with Gasteiger partial charge in [0.25, 0.3) is 0 Å². The molecular formula is C12H16O2. The molecule has 14 heavy (non-hydrogen) atoms. The van der Waals surface area contributed by atoms with E-state index in [9.17, 15) is 0 Å². The van der Waals surface area contributed by atoms with Crippen LogP contribution in [0.15, 0.2) is 30.3 Å². The first kappa shape index (κ1) is 10.8. The van der Waals surface area contributed by atoms with Crippen LogP contribution in [0.25, 0.3) is 6.08 Å². The highest BCUT2D eigenvalue weighted by Gasteiger charge is 1.90. The minimum atomic E-state index is 0.646. The summed E-state index contributed by atoms with van der Waals surface area (Å²) in [6, 6.07) is 7.99. The first-order valence-corrected chi connectivity index (χ1v) is 4.75. The van der Waals surface area contributed by atoms with Crippen molar-refractivity contribution in [2.75, 3.05) is 20.3 Å². The molecule has 0 radical (unpaired) electrons. The van der Waals surface area contributed by atoms with Crippen molar-refractivity contribution in [2.45, 2.75) is 6.92 Å². The lowest BCUT2D eigenvalue weighted by Crippen LogP contribution is -1.90. The third-order valence-electron chi connectivity index (χ3n) is 1.76.